The smallest absolute Gasteiger partial charge is 0.253 e. The number of carbonyl (C=O) groups is 1. The summed E-state index contributed by atoms with van der Waals surface area (Å²) in [6.45, 7) is 1.33. The van der Waals surface area contributed by atoms with Gasteiger partial charge in [-0.25, -0.2) is 4.39 Å². The van der Waals surface area contributed by atoms with E-state index in [1.165, 1.54) is 12.1 Å². The number of benzene rings is 1. The van der Waals surface area contributed by atoms with Crippen molar-refractivity contribution in [2.75, 3.05) is 26.0 Å². The molecule has 1 aliphatic heterocycles. The Balaban J connectivity index is 2.11. The molecule has 4 nitrogen and oxygen atoms in total. The van der Waals surface area contributed by atoms with Crippen LogP contribution in [0.2, 0.25) is 0 Å². The second-order valence-corrected chi connectivity index (χ2v) is 4.50. The molecule has 1 aromatic carbocycles. The average Bonchev–Trinajstić information content (AvgIpc) is 2.41. The van der Waals surface area contributed by atoms with E-state index in [0.717, 1.165) is 12.8 Å². The first-order chi connectivity index (χ1) is 8.59. The molecule has 98 valence electrons. The highest BCUT2D eigenvalue weighted by Gasteiger charge is 2.23. The van der Waals surface area contributed by atoms with E-state index < -0.39 is 5.82 Å². The molecule has 0 saturated carbocycles. The summed E-state index contributed by atoms with van der Waals surface area (Å²) in [6, 6.07) is 4.32. The van der Waals surface area contributed by atoms with Gasteiger partial charge in [-0.05, 0) is 31.0 Å². The van der Waals surface area contributed by atoms with Gasteiger partial charge in [0.15, 0.2) is 0 Å². The van der Waals surface area contributed by atoms with Crippen molar-refractivity contribution in [2.24, 2.45) is 0 Å². The number of carbonyl (C=O) groups excluding carboxylic acids is 1. The number of hydrogen-bond acceptors (Lipinski definition) is 3. The summed E-state index contributed by atoms with van der Waals surface area (Å²) in [5, 5.41) is 0. The zero-order chi connectivity index (χ0) is 13.1. The summed E-state index contributed by atoms with van der Waals surface area (Å²) < 4.78 is 18.6. The zero-order valence-electron chi connectivity index (χ0n) is 10.4. The fourth-order valence-corrected chi connectivity index (χ4v) is 2.10. The number of rotatable bonds is 2. The Hall–Kier alpha value is -1.62. The van der Waals surface area contributed by atoms with Gasteiger partial charge in [-0.3, -0.25) is 4.79 Å². The molecule has 1 heterocycles. The third-order valence-electron chi connectivity index (χ3n) is 3.31. The maximum absolute atomic E-state index is 13.3. The summed E-state index contributed by atoms with van der Waals surface area (Å²) in [4.78, 5) is 13.8. The van der Waals surface area contributed by atoms with E-state index in [-0.39, 0.29) is 17.6 Å². The molecule has 1 aromatic rings. The Bertz CT molecular complexity index is 445. The molecule has 0 atom stereocenters. The third-order valence-corrected chi connectivity index (χ3v) is 3.31. The number of ether oxygens (including phenoxy) is 1. The number of nitrogen functional groups attached to an aromatic ring is 1. The van der Waals surface area contributed by atoms with Crippen LogP contribution in [0, 0.1) is 5.82 Å². The average molecular weight is 252 g/mol. The second kappa shape index (κ2) is 5.35. The molecule has 2 N–H and O–H groups in total. The molecule has 2 rings (SSSR count). The predicted octanol–water partition coefficient (Wildman–Crippen LogP) is 1.66. The Morgan fingerprint density at radius 2 is 2.11 bits per heavy atom. The van der Waals surface area contributed by atoms with E-state index in [0.29, 0.717) is 18.8 Å². The molecule has 0 aromatic heterocycles. The molecule has 0 unspecified atom stereocenters. The van der Waals surface area contributed by atoms with Gasteiger partial charge in [0, 0.05) is 31.9 Å². The summed E-state index contributed by atoms with van der Waals surface area (Å²) in [5.74, 6) is -0.734. The standard InChI is InChI=1S/C13H17FN2O2/c1-16(10-4-6-18-7-5-10)13(17)9-2-3-12(15)11(14)8-9/h2-3,8,10H,4-7,15H2,1H3. The fourth-order valence-electron chi connectivity index (χ4n) is 2.10. The fraction of sp³-hybridized carbons (Fsp3) is 0.462. The highest BCUT2D eigenvalue weighted by Crippen LogP contribution is 2.18. The van der Waals surface area contributed by atoms with Gasteiger partial charge in [0.1, 0.15) is 5.82 Å². The maximum Gasteiger partial charge on any atom is 0.253 e. The lowest BCUT2D eigenvalue weighted by atomic mass is 10.1. The van der Waals surface area contributed by atoms with Gasteiger partial charge in [-0.2, -0.15) is 0 Å². The van der Waals surface area contributed by atoms with Crippen molar-refractivity contribution in [2.45, 2.75) is 18.9 Å². The van der Waals surface area contributed by atoms with Crippen molar-refractivity contribution < 1.29 is 13.9 Å². The first-order valence-corrected chi connectivity index (χ1v) is 5.99. The van der Waals surface area contributed by atoms with E-state index in [9.17, 15) is 9.18 Å². The lowest BCUT2D eigenvalue weighted by Gasteiger charge is -2.31. The summed E-state index contributed by atoms with van der Waals surface area (Å²) >= 11 is 0. The molecule has 1 fully saturated rings. The molecule has 0 aliphatic carbocycles. The first-order valence-electron chi connectivity index (χ1n) is 5.99. The van der Waals surface area contributed by atoms with Crippen LogP contribution in [0.3, 0.4) is 0 Å². The van der Waals surface area contributed by atoms with Crippen LogP contribution in [0.5, 0.6) is 0 Å². The van der Waals surface area contributed by atoms with Crippen LogP contribution in [0.4, 0.5) is 10.1 Å². The summed E-state index contributed by atoms with van der Waals surface area (Å²) in [7, 11) is 1.74. The normalized spacial score (nSPS) is 16.6. The minimum atomic E-state index is -0.554. The third kappa shape index (κ3) is 2.61. The van der Waals surface area contributed by atoms with E-state index in [1.54, 1.807) is 18.0 Å². The van der Waals surface area contributed by atoms with Crippen LogP contribution < -0.4 is 5.73 Å². The van der Waals surface area contributed by atoms with E-state index >= 15 is 0 Å². The van der Waals surface area contributed by atoms with Crippen LogP contribution in [0.25, 0.3) is 0 Å². The number of nitrogens with zero attached hydrogens (tertiary/aromatic N) is 1. The highest BCUT2D eigenvalue weighted by atomic mass is 19.1. The van der Waals surface area contributed by atoms with Crippen molar-refractivity contribution in [3.8, 4) is 0 Å². The first kappa shape index (κ1) is 12.8. The Kier molecular flexibility index (Phi) is 3.81. The molecule has 1 amide bonds. The minimum Gasteiger partial charge on any atom is -0.396 e. The predicted molar refractivity (Wildman–Crippen MR) is 66.7 cm³/mol. The van der Waals surface area contributed by atoms with E-state index in [4.69, 9.17) is 10.5 Å². The van der Waals surface area contributed by atoms with Crippen LogP contribution in [0.1, 0.15) is 23.2 Å². The number of nitrogens with two attached hydrogens (primary N) is 1. The van der Waals surface area contributed by atoms with Crippen molar-refractivity contribution in [3.63, 3.8) is 0 Å². The molecular formula is C13H17FN2O2. The number of amides is 1. The van der Waals surface area contributed by atoms with Crippen molar-refractivity contribution in [1.29, 1.82) is 0 Å². The Morgan fingerprint density at radius 3 is 2.72 bits per heavy atom. The SMILES string of the molecule is CN(C(=O)c1ccc(N)c(F)c1)C1CCOCC1. The van der Waals surface area contributed by atoms with Crippen LogP contribution in [-0.2, 0) is 4.74 Å². The molecule has 0 spiro atoms. The quantitative estimate of drug-likeness (QED) is 0.814. The number of halogens is 1. The van der Waals surface area contributed by atoms with Gasteiger partial charge in [-0.15, -0.1) is 0 Å². The van der Waals surface area contributed by atoms with Gasteiger partial charge in [0.2, 0.25) is 0 Å². The lowest BCUT2D eigenvalue weighted by Crippen LogP contribution is -2.40. The summed E-state index contributed by atoms with van der Waals surface area (Å²) in [5.41, 5.74) is 5.78. The summed E-state index contributed by atoms with van der Waals surface area (Å²) in [6.07, 6.45) is 1.64. The molecular weight excluding hydrogens is 235 g/mol. The van der Waals surface area contributed by atoms with Gasteiger partial charge in [0.25, 0.3) is 5.91 Å². The van der Waals surface area contributed by atoms with E-state index in [2.05, 4.69) is 0 Å². The minimum absolute atomic E-state index is 0.0558. The lowest BCUT2D eigenvalue weighted by molar-refractivity contribution is 0.0362. The van der Waals surface area contributed by atoms with Crippen molar-refractivity contribution >= 4 is 11.6 Å². The number of hydrogen-bond donors (Lipinski definition) is 1. The maximum atomic E-state index is 13.3. The molecule has 1 saturated heterocycles. The molecule has 0 radical (unpaired) electrons. The molecule has 5 heteroatoms. The van der Waals surface area contributed by atoms with Crippen molar-refractivity contribution in [1.82, 2.24) is 4.90 Å². The zero-order valence-corrected chi connectivity index (χ0v) is 10.4. The molecule has 1 aliphatic rings. The van der Waals surface area contributed by atoms with Crippen LogP contribution in [-0.4, -0.2) is 37.1 Å². The van der Waals surface area contributed by atoms with Crippen molar-refractivity contribution in [3.05, 3.63) is 29.6 Å². The topological polar surface area (TPSA) is 55.6 Å². The van der Waals surface area contributed by atoms with Gasteiger partial charge in [-0.1, -0.05) is 0 Å². The van der Waals surface area contributed by atoms with Crippen LogP contribution in [0.15, 0.2) is 18.2 Å². The van der Waals surface area contributed by atoms with Gasteiger partial charge >= 0.3 is 0 Å². The molecule has 18 heavy (non-hydrogen) atoms. The van der Waals surface area contributed by atoms with E-state index in [1.807, 2.05) is 0 Å². The molecule has 0 bridgehead atoms. The van der Waals surface area contributed by atoms with Gasteiger partial charge < -0.3 is 15.4 Å². The Morgan fingerprint density at radius 1 is 1.44 bits per heavy atom. The largest absolute Gasteiger partial charge is 0.396 e. The Labute approximate surface area is 106 Å². The second-order valence-electron chi connectivity index (χ2n) is 4.50. The monoisotopic (exact) mass is 252 g/mol. The van der Waals surface area contributed by atoms with Crippen LogP contribution >= 0.6 is 0 Å². The number of anilines is 1. The highest BCUT2D eigenvalue weighted by molar-refractivity contribution is 5.94. The van der Waals surface area contributed by atoms with Gasteiger partial charge in [0.05, 0.1) is 5.69 Å².